The molecule has 0 unspecified atom stereocenters. The Hall–Kier alpha value is -2.14. The van der Waals surface area contributed by atoms with Gasteiger partial charge >= 0.3 is 0 Å². The van der Waals surface area contributed by atoms with Crippen molar-refractivity contribution in [1.29, 1.82) is 0 Å². The second-order valence-electron chi connectivity index (χ2n) is 12.0. The number of carbonyl (C=O) groups excluding carboxylic acids is 1. The molecule has 1 aliphatic rings. The average Bonchev–Trinajstić information content (AvgIpc) is 3.08. The van der Waals surface area contributed by atoms with Crippen molar-refractivity contribution in [2.24, 2.45) is 15.9 Å². The summed E-state index contributed by atoms with van der Waals surface area (Å²) in [5.41, 5.74) is 3.03. The first-order chi connectivity index (χ1) is 16.4. The molecule has 2 atom stereocenters. The summed E-state index contributed by atoms with van der Waals surface area (Å²) < 4.78 is 4.52. The fourth-order valence-electron chi connectivity index (χ4n) is 5.20. The summed E-state index contributed by atoms with van der Waals surface area (Å²) in [5.74, 6) is 2.06. The van der Waals surface area contributed by atoms with Gasteiger partial charge in [0.1, 0.15) is 11.6 Å². The maximum Gasteiger partial charge on any atom is 0.182 e. The first-order valence-corrected chi connectivity index (χ1v) is 13.5. The maximum atomic E-state index is 13.7. The van der Waals surface area contributed by atoms with E-state index in [4.69, 9.17) is 0 Å². The lowest BCUT2D eigenvalue weighted by Crippen LogP contribution is -2.33. The van der Waals surface area contributed by atoms with Gasteiger partial charge < -0.3 is 10.0 Å². The molecule has 0 aromatic heterocycles. The van der Waals surface area contributed by atoms with Crippen LogP contribution in [0.15, 0.2) is 46.5 Å². The maximum absolute atomic E-state index is 13.7. The van der Waals surface area contributed by atoms with E-state index in [0.717, 1.165) is 42.8 Å². The molecule has 0 saturated carbocycles. The minimum Gasteiger partial charge on any atom is -0.507 e. The smallest absolute Gasteiger partial charge is 0.182 e. The molecule has 0 amide bonds. The van der Waals surface area contributed by atoms with Crippen LogP contribution >= 0.6 is 16.1 Å². The molecule has 4 nitrogen and oxygen atoms in total. The van der Waals surface area contributed by atoms with E-state index in [-0.39, 0.29) is 29.1 Å². The topological polar surface area (TPSA) is 52.9 Å². The molecule has 0 radical (unpaired) electrons. The van der Waals surface area contributed by atoms with Crippen molar-refractivity contribution >= 4 is 27.8 Å². The summed E-state index contributed by atoms with van der Waals surface area (Å²) in [6.45, 7) is 15.8. The molecule has 1 heterocycles. The summed E-state index contributed by atoms with van der Waals surface area (Å²) in [4.78, 5) is 15.8. The minimum atomic E-state index is -0.274. The molecular formula is C30H41BrN2O2. The lowest BCUT2D eigenvalue weighted by Gasteiger charge is -2.28. The van der Waals surface area contributed by atoms with Crippen molar-refractivity contribution in [2.75, 3.05) is 13.1 Å². The predicted octanol–water partition coefficient (Wildman–Crippen LogP) is 7.47. The first kappa shape index (κ1) is 27.4. The molecule has 0 spiro atoms. The SMILES string of the molecule is CCC[C@H]1CN(CC(=O)c2cc(C(C)(C)C)c(O)c(C(C)(C)C)c2)/C(=N\Br)[C@@H]1Cc1ccccc1. The third-order valence-electron chi connectivity index (χ3n) is 7.11. The summed E-state index contributed by atoms with van der Waals surface area (Å²) in [6, 6.07) is 14.3. The molecule has 2 aromatic rings. The number of hydrogen-bond donors (Lipinski definition) is 1. The molecule has 1 saturated heterocycles. The number of phenolic OH excluding ortho intramolecular Hbond substituents is 1. The van der Waals surface area contributed by atoms with Crippen LogP contribution in [0.25, 0.3) is 0 Å². The molecule has 0 bridgehead atoms. The summed E-state index contributed by atoms with van der Waals surface area (Å²) in [7, 11) is 0. The van der Waals surface area contributed by atoms with Crippen LogP contribution in [0.5, 0.6) is 5.75 Å². The van der Waals surface area contributed by atoms with E-state index in [1.807, 2.05) is 18.2 Å². The molecule has 1 aliphatic heterocycles. The number of amidine groups is 1. The van der Waals surface area contributed by atoms with Gasteiger partial charge in [-0.2, -0.15) is 4.02 Å². The van der Waals surface area contributed by atoms with E-state index >= 15 is 0 Å². The molecule has 190 valence electrons. The number of carbonyl (C=O) groups is 1. The average molecular weight is 542 g/mol. The molecule has 3 rings (SSSR count). The second kappa shape index (κ2) is 10.9. The van der Waals surface area contributed by atoms with Gasteiger partial charge in [-0.1, -0.05) is 85.2 Å². The summed E-state index contributed by atoms with van der Waals surface area (Å²) >= 11 is 3.38. The van der Waals surface area contributed by atoms with Gasteiger partial charge in [0.25, 0.3) is 0 Å². The molecule has 0 aliphatic carbocycles. The molecule has 1 N–H and O–H groups in total. The van der Waals surface area contributed by atoms with Crippen molar-refractivity contribution < 1.29 is 9.90 Å². The zero-order valence-corrected chi connectivity index (χ0v) is 23.9. The minimum absolute atomic E-state index is 0.0604. The van der Waals surface area contributed by atoms with E-state index in [1.54, 1.807) is 0 Å². The highest BCUT2D eigenvalue weighted by Gasteiger charge is 2.39. The Morgan fingerprint density at radius 2 is 1.63 bits per heavy atom. The molecule has 1 fully saturated rings. The Labute approximate surface area is 220 Å². The van der Waals surface area contributed by atoms with Crippen LogP contribution in [-0.4, -0.2) is 34.7 Å². The van der Waals surface area contributed by atoms with E-state index in [1.165, 1.54) is 5.56 Å². The van der Waals surface area contributed by atoms with Crippen LogP contribution in [-0.2, 0) is 17.3 Å². The van der Waals surface area contributed by atoms with Crippen LogP contribution in [0.3, 0.4) is 0 Å². The Morgan fingerprint density at radius 1 is 1.06 bits per heavy atom. The van der Waals surface area contributed by atoms with Gasteiger partial charge in [0.15, 0.2) is 5.78 Å². The standard InChI is InChI=1S/C30H41BrN2O2/c1-8-12-21-18-33(28(32-31)23(21)15-20-13-10-9-11-14-20)19-26(34)22-16-24(29(2,3)4)27(35)25(17-22)30(5,6)7/h9-11,13-14,16-17,21,23,35H,8,12,15,18-19H2,1-7H3/b32-28-/t21-,23+/m0/s1. The van der Waals surface area contributed by atoms with E-state index < -0.39 is 0 Å². The molecule has 5 heteroatoms. The van der Waals surface area contributed by atoms with Crippen molar-refractivity contribution in [3.05, 3.63) is 64.7 Å². The first-order valence-electron chi connectivity index (χ1n) is 12.8. The van der Waals surface area contributed by atoms with Crippen molar-refractivity contribution in [3.63, 3.8) is 0 Å². The lowest BCUT2D eigenvalue weighted by atomic mass is 9.78. The summed E-state index contributed by atoms with van der Waals surface area (Å²) in [5, 5.41) is 11.1. The number of Topliss-reactive ketones (excluding diaryl/α,β-unsaturated/α-hetero) is 1. The summed E-state index contributed by atoms with van der Waals surface area (Å²) in [6.07, 6.45) is 3.13. The fourth-order valence-corrected chi connectivity index (χ4v) is 5.69. The number of phenols is 1. The quantitative estimate of drug-likeness (QED) is 0.370. The van der Waals surface area contributed by atoms with E-state index in [9.17, 15) is 9.90 Å². The number of hydrogen-bond acceptors (Lipinski definition) is 3. The Bertz CT molecular complexity index is 1030. The Morgan fingerprint density at radius 3 is 2.11 bits per heavy atom. The zero-order chi connectivity index (χ0) is 26.0. The third-order valence-corrected chi connectivity index (χ3v) is 7.47. The number of nitrogens with zero attached hydrogens (tertiary/aromatic N) is 2. The molecular weight excluding hydrogens is 500 g/mol. The van der Waals surface area contributed by atoms with Crippen LogP contribution < -0.4 is 0 Å². The van der Waals surface area contributed by atoms with Crippen molar-refractivity contribution in [3.8, 4) is 5.75 Å². The zero-order valence-electron chi connectivity index (χ0n) is 22.4. The van der Waals surface area contributed by atoms with Gasteiger partial charge in [0, 0.05) is 29.2 Å². The number of ketones is 1. The van der Waals surface area contributed by atoms with Gasteiger partial charge in [-0.3, -0.25) is 4.79 Å². The number of halogens is 1. The molecule has 2 aromatic carbocycles. The second-order valence-corrected chi connectivity index (χ2v) is 12.4. The number of likely N-dealkylation sites (tertiary alicyclic amines) is 1. The Balaban J connectivity index is 1.92. The highest BCUT2D eigenvalue weighted by atomic mass is 79.9. The highest BCUT2D eigenvalue weighted by molar-refractivity contribution is 9.08. The van der Waals surface area contributed by atoms with E-state index in [0.29, 0.717) is 17.2 Å². The predicted molar refractivity (Wildman–Crippen MR) is 150 cm³/mol. The van der Waals surface area contributed by atoms with Crippen LogP contribution in [0, 0.1) is 11.8 Å². The molecule has 35 heavy (non-hydrogen) atoms. The van der Waals surface area contributed by atoms with Crippen molar-refractivity contribution in [1.82, 2.24) is 4.90 Å². The van der Waals surface area contributed by atoms with Crippen LogP contribution in [0.1, 0.15) is 88.4 Å². The largest absolute Gasteiger partial charge is 0.507 e. The fraction of sp³-hybridized carbons (Fsp3) is 0.533. The number of aromatic hydroxyl groups is 1. The highest BCUT2D eigenvalue weighted by Crippen LogP contribution is 2.40. The van der Waals surface area contributed by atoms with Gasteiger partial charge in [0.05, 0.1) is 22.7 Å². The monoisotopic (exact) mass is 540 g/mol. The normalized spacial score (nSPS) is 20.0. The third kappa shape index (κ3) is 6.35. The van der Waals surface area contributed by atoms with Crippen LogP contribution in [0.4, 0.5) is 0 Å². The van der Waals surface area contributed by atoms with Crippen LogP contribution in [0.2, 0.25) is 0 Å². The van der Waals surface area contributed by atoms with Crippen molar-refractivity contribution in [2.45, 2.75) is 78.6 Å². The van der Waals surface area contributed by atoms with E-state index in [2.05, 4.69) is 97.8 Å². The lowest BCUT2D eigenvalue weighted by molar-refractivity contribution is 0.0963. The van der Waals surface area contributed by atoms with Gasteiger partial charge in [0.2, 0.25) is 0 Å². The number of rotatable bonds is 7. The van der Waals surface area contributed by atoms with Gasteiger partial charge in [-0.15, -0.1) is 0 Å². The Kier molecular flexibility index (Phi) is 8.52. The number of benzene rings is 2. The van der Waals surface area contributed by atoms with Gasteiger partial charge in [-0.25, -0.2) is 0 Å². The van der Waals surface area contributed by atoms with Gasteiger partial charge in [-0.05, 0) is 47.3 Å².